The van der Waals surface area contributed by atoms with Crippen LogP contribution in [-0.4, -0.2) is 17.0 Å². The van der Waals surface area contributed by atoms with E-state index in [1.807, 2.05) is 18.2 Å². The quantitative estimate of drug-likeness (QED) is 0.715. The van der Waals surface area contributed by atoms with E-state index < -0.39 is 17.3 Å². The van der Waals surface area contributed by atoms with Gasteiger partial charge >= 0.3 is 5.97 Å². The number of para-hydroxylation sites is 1. The molecule has 3 rings (SSSR count). The summed E-state index contributed by atoms with van der Waals surface area (Å²) in [5, 5.41) is 11.7. The molecule has 0 radical (unpaired) electrons. The third kappa shape index (κ3) is 0.862. The van der Waals surface area contributed by atoms with Gasteiger partial charge in [-0.3, -0.25) is 9.59 Å². The number of benzene rings is 1. The maximum atomic E-state index is 11.8. The number of hydrogen-bond donors (Lipinski definition) is 2. The molecule has 1 fully saturated rings. The molecule has 0 aromatic heterocycles. The molecule has 76 valence electrons. The van der Waals surface area contributed by atoms with Crippen LogP contribution in [0, 0.1) is 5.92 Å². The van der Waals surface area contributed by atoms with Crippen molar-refractivity contribution in [2.24, 2.45) is 5.92 Å². The summed E-state index contributed by atoms with van der Waals surface area (Å²) in [6.07, 6.45) is 0.422. The molecule has 1 aromatic rings. The van der Waals surface area contributed by atoms with Crippen molar-refractivity contribution in [3.8, 4) is 0 Å². The lowest BCUT2D eigenvalue weighted by molar-refractivity contribution is -0.140. The fraction of sp³-hybridized carbons (Fsp3) is 0.273. The Morgan fingerprint density at radius 2 is 2.20 bits per heavy atom. The Kier molecular flexibility index (Phi) is 1.35. The number of carbonyl (C=O) groups is 2. The number of rotatable bonds is 1. The number of carboxylic acid groups (broad SMARTS) is 1. The van der Waals surface area contributed by atoms with E-state index >= 15 is 0 Å². The molecule has 0 bridgehead atoms. The van der Waals surface area contributed by atoms with Crippen LogP contribution in [0.1, 0.15) is 12.0 Å². The van der Waals surface area contributed by atoms with E-state index in [0.717, 1.165) is 11.3 Å². The van der Waals surface area contributed by atoms with Crippen molar-refractivity contribution in [1.29, 1.82) is 0 Å². The molecule has 1 aromatic carbocycles. The van der Waals surface area contributed by atoms with Gasteiger partial charge in [-0.2, -0.15) is 0 Å². The summed E-state index contributed by atoms with van der Waals surface area (Å²) in [4.78, 5) is 22.7. The van der Waals surface area contributed by atoms with E-state index in [-0.39, 0.29) is 5.91 Å². The number of hydrogen-bond acceptors (Lipinski definition) is 2. The van der Waals surface area contributed by atoms with E-state index in [4.69, 9.17) is 5.11 Å². The molecule has 4 heteroatoms. The summed E-state index contributed by atoms with van der Waals surface area (Å²) in [7, 11) is 0. The predicted octanol–water partition coefficient (Wildman–Crippen LogP) is 0.981. The second-order valence-corrected chi connectivity index (χ2v) is 4.07. The van der Waals surface area contributed by atoms with Crippen molar-refractivity contribution in [1.82, 2.24) is 0 Å². The molecule has 2 aliphatic rings. The Morgan fingerprint density at radius 1 is 1.47 bits per heavy atom. The molecular formula is C11H9NO3. The monoisotopic (exact) mass is 203 g/mol. The average molecular weight is 203 g/mol. The van der Waals surface area contributed by atoms with Crippen molar-refractivity contribution in [3.63, 3.8) is 0 Å². The summed E-state index contributed by atoms with van der Waals surface area (Å²) in [6, 6.07) is 7.30. The van der Waals surface area contributed by atoms with Crippen LogP contribution in [0.3, 0.4) is 0 Å². The maximum absolute atomic E-state index is 11.8. The number of aliphatic carboxylic acids is 1. The third-order valence-corrected chi connectivity index (χ3v) is 3.32. The van der Waals surface area contributed by atoms with Gasteiger partial charge in [0.15, 0.2) is 0 Å². The van der Waals surface area contributed by atoms with Crippen LogP contribution in [0.2, 0.25) is 0 Å². The fourth-order valence-electron chi connectivity index (χ4n) is 2.45. The largest absolute Gasteiger partial charge is 0.481 e. The van der Waals surface area contributed by atoms with Gasteiger partial charge < -0.3 is 10.4 Å². The molecule has 1 spiro atoms. The highest BCUT2D eigenvalue weighted by Gasteiger charge is 2.68. The van der Waals surface area contributed by atoms with Crippen molar-refractivity contribution in [3.05, 3.63) is 29.8 Å². The molecule has 15 heavy (non-hydrogen) atoms. The van der Waals surface area contributed by atoms with Gasteiger partial charge in [-0.25, -0.2) is 0 Å². The highest BCUT2D eigenvalue weighted by molar-refractivity contribution is 6.11. The topological polar surface area (TPSA) is 66.4 Å². The number of fused-ring (bicyclic) bond motifs is 2. The van der Waals surface area contributed by atoms with Crippen molar-refractivity contribution in [2.45, 2.75) is 11.8 Å². The zero-order valence-corrected chi connectivity index (χ0v) is 7.86. The lowest BCUT2D eigenvalue weighted by Crippen LogP contribution is -2.23. The predicted molar refractivity (Wildman–Crippen MR) is 52.5 cm³/mol. The second-order valence-electron chi connectivity index (χ2n) is 4.07. The van der Waals surface area contributed by atoms with Crippen molar-refractivity contribution >= 4 is 17.6 Å². The minimum absolute atomic E-state index is 0.170. The van der Waals surface area contributed by atoms with Gasteiger partial charge in [-0.05, 0) is 18.1 Å². The molecular weight excluding hydrogens is 194 g/mol. The molecule has 1 aliphatic heterocycles. The van der Waals surface area contributed by atoms with Gasteiger partial charge in [-0.1, -0.05) is 18.2 Å². The zero-order chi connectivity index (χ0) is 10.6. The Morgan fingerprint density at radius 3 is 2.87 bits per heavy atom. The Balaban J connectivity index is 2.13. The number of anilines is 1. The average Bonchev–Trinajstić information content (AvgIpc) is 2.88. The standard InChI is InChI=1S/C11H9NO3/c13-9(14)7-5-11(7)6-3-1-2-4-8(6)12-10(11)15/h1-4,7H,5H2,(H,12,15)(H,13,14). The molecule has 1 saturated carbocycles. The molecule has 4 nitrogen and oxygen atoms in total. The summed E-state index contributed by atoms with van der Waals surface area (Å²) in [5.41, 5.74) is 0.816. The molecule has 2 atom stereocenters. The number of carboxylic acids is 1. The van der Waals surface area contributed by atoms with Gasteiger partial charge in [0.25, 0.3) is 0 Å². The fourth-order valence-corrected chi connectivity index (χ4v) is 2.45. The minimum atomic E-state index is -0.887. The SMILES string of the molecule is O=C(O)C1CC12C(=O)Nc1ccccc12. The molecule has 0 saturated heterocycles. The smallest absolute Gasteiger partial charge is 0.307 e. The van der Waals surface area contributed by atoms with Crippen LogP contribution < -0.4 is 5.32 Å². The number of amides is 1. The normalized spacial score (nSPS) is 31.2. The van der Waals surface area contributed by atoms with Crippen LogP contribution in [0.4, 0.5) is 5.69 Å². The summed E-state index contributed by atoms with van der Waals surface area (Å²) >= 11 is 0. The highest BCUT2D eigenvalue weighted by Crippen LogP contribution is 2.59. The zero-order valence-electron chi connectivity index (χ0n) is 7.86. The second kappa shape index (κ2) is 2.39. The van der Waals surface area contributed by atoms with Gasteiger partial charge in [0, 0.05) is 5.69 Å². The van der Waals surface area contributed by atoms with Gasteiger partial charge in [0.2, 0.25) is 5.91 Å². The van der Waals surface area contributed by atoms with Gasteiger partial charge in [0.1, 0.15) is 0 Å². The van der Waals surface area contributed by atoms with Crippen LogP contribution in [0.5, 0.6) is 0 Å². The molecule has 1 heterocycles. The third-order valence-electron chi connectivity index (χ3n) is 3.32. The summed E-state index contributed by atoms with van der Waals surface area (Å²) in [5.74, 6) is -1.61. The molecule has 1 aliphatic carbocycles. The van der Waals surface area contributed by atoms with E-state index in [1.54, 1.807) is 6.07 Å². The number of nitrogens with one attached hydrogen (secondary N) is 1. The summed E-state index contributed by atoms with van der Waals surface area (Å²) < 4.78 is 0. The van der Waals surface area contributed by atoms with Crippen LogP contribution in [0.25, 0.3) is 0 Å². The first-order chi connectivity index (χ1) is 7.16. The van der Waals surface area contributed by atoms with Crippen LogP contribution in [0.15, 0.2) is 24.3 Å². The van der Waals surface area contributed by atoms with Crippen molar-refractivity contribution < 1.29 is 14.7 Å². The lowest BCUT2D eigenvalue weighted by atomic mass is 9.95. The summed E-state index contributed by atoms with van der Waals surface area (Å²) in [6.45, 7) is 0. The Bertz CT molecular complexity index is 482. The lowest BCUT2D eigenvalue weighted by Gasteiger charge is -2.04. The first-order valence-corrected chi connectivity index (χ1v) is 4.80. The minimum Gasteiger partial charge on any atom is -0.481 e. The Labute approximate surface area is 85.9 Å². The van der Waals surface area contributed by atoms with Crippen LogP contribution >= 0.6 is 0 Å². The Hall–Kier alpha value is -1.84. The number of carbonyl (C=O) groups excluding carboxylic acids is 1. The molecule has 2 N–H and O–H groups in total. The first kappa shape index (κ1) is 8.47. The highest BCUT2D eigenvalue weighted by atomic mass is 16.4. The first-order valence-electron chi connectivity index (χ1n) is 4.80. The van der Waals surface area contributed by atoms with E-state index in [0.29, 0.717) is 6.42 Å². The molecule has 1 amide bonds. The maximum Gasteiger partial charge on any atom is 0.307 e. The van der Waals surface area contributed by atoms with Gasteiger partial charge in [-0.15, -0.1) is 0 Å². The van der Waals surface area contributed by atoms with E-state index in [9.17, 15) is 9.59 Å². The van der Waals surface area contributed by atoms with Gasteiger partial charge in [0.05, 0.1) is 11.3 Å². The van der Waals surface area contributed by atoms with Crippen molar-refractivity contribution in [2.75, 3.05) is 5.32 Å². The van der Waals surface area contributed by atoms with E-state index in [1.165, 1.54) is 0 Å². The van der Waals surface area contributed by atoms with Crippen LogP contribution in [-0.2, 0) is 15.0 Å². The molecule has 2 unspecified atom stereocenters. The van der Waals surface area contributed by atoms with E-state index in [2.05, 4.69) is 5.32 Å².